The predicted octanol–water partition coefficient (Wildman–Crippen LogP) is 2.86. The zero-order valence-corrected chi connectivity index (χ0v) is 12.5. The minimum atomic E-state index is -3.74. The average Bonchev–Trinajstić information content (AvgIpc) is 2.55. The highest BCUT2D eigenvalue weighted by molar-refractivity contribution is 7.79. The molecule has 3 nitrogen and oxygen atoms in total. The Hall–Kier alpha value is -1.93. The Morgan fingerprint density at radius 2 is 1.48 bits per heavy atom. The lowest BCUT2D eigenvalue weighted by atomic mass is 10.4. The molecule has 0 heterocycles. The number of halogens is 1. The Bertz CT molecular complexity index is 600. The number of carbonyl (C=O) groups excluding carboxylic acids is 1. The fourth-order valence-electron chi connectivity index (χ4n) is 2.07. The van der Waals surface area contributed by atoms with Crippen LogP contribution >= 0.6 is 7.14 Å². The van der Waals surface area contributed by atoms with Crippen molar-refractivity contribution < 1.29 is 18.5 Å². The molecule has 0 saturated heterocycles. The van der Waals surface area contributed by atoms with E-state index < -0.39 is 19.0 Å². The van der Waals surface area contributed by atoms with Crippen LogP contribution in [0.15, 0.2) is 60.7 Å². The molecule has 2 aromatic carbocycles. The number of hydrogen-bond donors (Lipinski definition) is 0. The summed E-state index contributed by atoms with van der Waals surface area (Å²) < 4.78 is 32.7. The lowest BCUT2D eigenvalue weighted by Crippen LogP contribution is -2.30. The van der Waals surface area contributed by atoms with Crippen LogP contribution in [0.1, 0.15) is 6.92 Å². The van der Waals surface area contributed by atoms with E-state index >= 15 is 0 Å². The summed E-state index contributed by atoms with van der Waals surface area (Å²) in [5.41, 5.74) is 0. The van der Waals surface area contributed by atoms with Crippen molar-refractivity contribution in [2.45, 2.75) is 12.8 Å². The van der Waals surface area contributed by atoms with Crippen LogP contribution < -0.4 is 10.6 Å². The van der Waals surface area contributed by atoms with Gasteiger partial charge in [-0.25, -0.2) is 9.18 Å². The lowest BCUT2D eigenvalue weighted by molar-refractivity contribution is -0.145. The number of hydrogen-bond acceptors (Lipinski definition) is 3. The molecule has 110 valence electrons. The quantitative estimate of drug-likeness (QED) is 0.630. The van der Waals surface area contributed by atoms with Crippen molar-refractivity contribution in [3.05, 3.63) is 60.7 Å². The first-order chi connectivity index (χ1) is 10.1. The minimum Gasteiger partial charge on any atom is -0.463 e. The number of ether oxygens (including phenoxy) is 1. The molecule has 5 heteroatoms. The number of benzene rings is 2. The third kappa shape index (κ3) is 3.06. The largest absolute Gasteiger partial charge is 0.463 e. The lowest BCUT2D eigenvalue weighted by Gasteiger charge is -2.21. The second kappa shape index (κ2) is 6.68. The molecule has 0 aliphatic heterocycles. The molecule has 21 heavy (non-hydrogen) atoms. The zero-order chi connectivity index (χ0) is 15.3. The van der Waals surface area contributed by atoms with Gasteiger partial charge in [-0.3, -0.25) is 0 Å². The van der Waals surface area contributed by atoms with Gasteiger partial charge in [-0.05, 0) is 6.92 Å². The zero-order valence-electron chi connectivity index (χ0n) is 11.6. The highest BCUT2D eigenvalue weighted by Gasteiger charge is 2.42. The van der Waals surface area contributed by atoms with Gasteiger partial charge in [0, 0.05) is 10.6 Å². The first-order valence-corrected chi connectivity index (χ1v) is 8.40. The third-order valence-electron chi connectivity index (χ3n) is 3.08. The summed E-state index contributed by atoms with van der Waals surface area (Å²) in [5, 5.41) is 0.605. The van der Waals surface area contributed by atoms with E-state index in [0.29, 0.717) is 10.6 Å². The number of alkyl halides is 1. The molecule has 2 aromatic rings. The topological polar surface area (TPSA) is 43.4 Å². The van der Waals surface area contributed by atoms with Crippen LogP contribution in [-0.2, 0) is 14.1 Å². The monoisotopic (exact) mass is 306 g/mol. The molecule has 0 amide bonds. The van der Waals surface area contributed by atoms with Gasteiger partial charge < -0.3 is 9.30 Å². The van der Waals surface area contributed by atoms with Gasteiger partial charge >= 0.3 is 5.97 Å². The van der Waals surface area contributed by atoms with E-state index in [2.05, 4.69) is 0 Å². The molecular formula is C16H16FO3P. The smallest absolute Gasteiger partial charge is 0.349 e. The van der Waals surface area contributed by atoms with Crippen molar-refractivity contribution in [3.8, 4) is 0 Å². The number of esters is 1. The van der Waals surface area contributed by atoms with Crippen molar-refractivity contribution >= 4 is 23.7 Å². The van der Waals surface area contributed by atoms with E-state index in [1.165, 1.54) is 0 Å². The van der Waals surface area contributed by atoms with Gasteiger partial charge in [0.25, 0.3) is 5.91 Å². The molecular weight excluding hydrogens is 290 g/mol. The van der Waals surface area contributed by atoms with Crippen LogP contribution in [0.25, 0.3) is 0 Å². The van der Waals surface area contributed by atoms with Crippen molar-refractivity contribution in [2.24, 2.45) is 0 Å². The molecule has 0 aromatic heterocycles. The molecule has 0 bridgehead atoms. The van der Waals surface area contributed by atoms with E-state index in [1.807, 2.05) is 0 Å². The molecule has 0 spiro atoms. The SMILES string of the molecule is CCOC(=O)C(F)P(=O)(c1ccccc1)c1ccccc1. The van der Waals surface area contributed by atoms with E-state index in [1.54, 1.807) is 67.6 Å². The van der Waals surface area contributed by atoms with Crippen LogP contribution in [0.5, 0.6) is 0 Å². The number of carbonyl (C=O) groups is 1. The van der Waals surface area contributed by atoms with Crippen LogP contribution in [-0.4, -0.2) is 18.5 Å². The molecule has 1 unspecified atom stereocenters. The van der Waals surface area contributed by atoms with Crippen LogP contribution in [0, 0.1) is 0 Å². The first-order valence-electron chi connectivity index (χ1n) is 6.62. The molecule has 0 aliphatic rings. The average molecular weight is 306 g/mol. The Labute approximate surface area is 123 Å². The summed E-state index contributed by atoms with van der Waals surface area (Å²) in [6.45, 7) is 1.63. The molecule has 0 aliphatic carbocycles. The van der Waals surface area contributed by atoms with Crippen LogP contribution in [0.2, 0.25) is 0 Å². The second-order valence-corrected chi connectivity index (χ2v) is 7.22. The van der Waals surface area contributed by atoms with Gasteiger partial charge in [-0.15, -0.1) is 0 Å². The van der Waals surface area contributed by atoms with E-state index in [-0.39, 0.29) is 6.61 Å². The Kier molecular flexibility index (Phi) is 4.92. The first kappa shape index (κ1) is 15.5. The Morgan fingerprint density at radius 3 is 1.86 bits per heavy atom. The summed E-state index contributed by atoms with van der Waals surface area (Å²) in [6, 6.07) is 16.4. The van der Waals surface area contributed by atoms with Crippen molar-refractivity contribution in [1.82, 2.24) is 0 Å². The van der Waals surface area contributed by atoms with Gasteiger partial charge in [0.15, 0.2) is 7.14 Å². The summed E-state index contributed by atoms with van der Waals surface area (Å²) >= 11 is 0. The summed E-state index contributed by atoms with van der Waals surface area (Å²) in [4.78, 5) is 11.8. The van der Waals surface area contributed by atoms with Crippen LogP contribution in [0.4, 0.5) is 4.39 Å². The maximum absolute atomic E-state index is 14.7. The molecule has 0 fully saturated rings. The second-order valence-electron chi connectivity index (χ2n) is 4.42. The molecule has 0 radical (unpaired) electrons. The molecule has 1 atom stereocenters. The molecule has 0 saturated carbocycles. The fraction of sp³-hybridized carbons (Fsp3) is 0.188. The Morgan fingerprint density at radius 1 is 1.05 bits per heavy atom. The normalized spacial score (nSPS) is 12.7. The summed E-state index contributed by atoms with van der Waals surface area (Å²) in [5.74, 6) is -3.30. The van der Waals surface area contributed by atoms with Gasteiger partial charge in [0.05, 0.1) is 6.61 Å². The van der Waals surface area contributed by atoms with Gasteiger partial charge in [0.2, 0.25) is 0 Å². The van der Waals surface area contributed by atoms with E-state index in [0.717, 1.165) is 0 Å². The summed E-state index contributed by atoms with van der Waals surface area (Å²) in [7, 11) is -3.74. The van der Waals surface area contributed by atoms with Gasteiger partial charge in [0.1, 0.15) is 0 Å². The Balaban J connectivity index is 2.55. The summed E-state index contributed by atoms with van der Waals surface area (Å²) in [6.07, 6.45) is 0. The molecule has 0 N–H and O–H groups in total. The van der Waals surface area contributed by atoms with Crippen LogP contribution in [0.3, 0.4) is 0 Å². The maximum atomic E-state index is 14.7. The highest BCUT2D eigenvalue weighted by Crippen LogP contribution is 2.49. The van der Waals surface area contributed by atoms with Crippen molar-refractivity contribution in [3.63, 3.8) is 0 Å². The number of rotatable bonds is 5. The predicted molar refractivity (Wildman–Crippen MR) is 81.3 cm³/mol. The van der Waals surface area contributed by atoms with Gasteiger partial charge in [-0.2, -0.15) is 0 Å². The maximum Gasteiger partial charge on any atom is 0.349 e. The van der Waals surface area contributed by atoms with Gasteiger partial charge in [-0.1, -0.05) is 60.7 Å². The van der Waals surface area contributed by atoms with E-state index in [4.69, 9.17) is 4.74 Å². The highest BCUT2D eigenvalue weighted by atomic mass is 31.2. The third-order valence-corrected chi connectivity index (χ3v) is 6.06. The van der Waals surface area contributed by atoms with Crippen molar-refractivity contribution in [2.75, 3.05) is 6.61 Å². The minimum absolute atomic E-state index is 0.0445. The standard InChI is InChI=1S/C16H16FO3P/c1-2-20-16(18)15(17)21(19,13-9-5-3-6-10-13)14-11-7-4-8-12-14/h3-12,15H,2H2,1H3. The van der Waals surface area contributed by atoms with E-state index in [9.17, 15) is 13.8 Å². The fourth-order valence-corrected chi connectivity index (χ4v) is 4.49. The van der Waals surface area contributed by atoms with Crippen molar-refractivity contribution in [1.29, 1.82) is 0 Å². The molecule has 2 rings (SSSR count).